The Balaban J connectivity index is 1.84. The Kier molecular flexibility index (Phi) is 15.6. The van der Waals surface area contributed by atoms with Crippen molar-refractivity contribution in [1.82, 2.24) is 5.32 Å². The minimum Gasteiger partial charge on any atom is -0.351 e. The van der Waals surface area contributed by atoms with Crippen molar-refractivity contribution in [2.24, 2.45) is 0 Å². The van der Waals surface area contributed by atoms with Crippen molar-refractivity contribution in [2.45, 2.75) is 109 Å². The van der Waals surface area contributed by atoms with Gasteiger partial charge in [0, 0.05) is 13.0 Å². The van der Waals surface area contributed by atoms with Gasteiger partial charge in [-0.1, -0.05) is 121 Å². The van der Waals surface area contributed by atoms with Crippen LogP contribution in [-0.4, -0.2) is 18.5 Å². The van der Waals surface area contributed by atoms with Gasteiger partial charge in [-0.2, -0.15) is 0 Å². The minimum absolute atomic E-state index is 0.0820. The van der Waals surface area contributed by atoms with Crippen LogP contribution in [0.2, 0.25) is 0 Å². The van der Waals surface area contributed by atoms with Gasteiger partial charge in [0.1, 0.15) is 0 Å². The van der Waals surface area contributed by atoms with E-state index in [1.807, 2.05) is 18.2 Å². The van der Waals surface area contributed by atoms with Crippen LogP contribution >= 0.6 is 0 Å². The van der Waals surface area contributed by atoms with Crippen molar-refractivity contribution in [2.75, 3.05) is 6.54 Å². The lowest BCUT2D eigenvalue weighted by molar-refractivity contribution is -0.403. The van der Waals surface area contributed by atoms with Gasteiger partial charge < -0.3 is 11.1 Å². The highest BCUT2D eigenvalue weighted by Gasteiger charge is 2.16. The van der Waals surface area contributed by atoms with Gasteiger partial charge in [-0.25, -0.2) is 0 Å². The molecule has 0 aliphatic heterocycles. The summed E-state index contributed by atoms with van der Waals surface area (Å²) in [6.45, 7) is 3.07. The zero-order valence-corrected chi connectivity index (χ0v) is 18.4. The second-order valence-corrected chi connectivity index (χ2v) is 8.27. The molecular weight excluding hydrogens is 344 g/mol. The largest absolute Gasteiger partial charge is 0.351 e. The number of carbonyl (C=O) groups is 1. The Bertz CT molecular complexity index is 475. The normalized spacial score (nSPS) is 12.1. The van der Waals surface area contributed by atoms with Crippen LogP contribution in [0.1, 0.15) is 102 Å². The molecule has 3 heteroatoms. The molecule has 1 rings (SSSR count). The third-order valence-electron chi connectivity index (χ3n) is 5.53. The minimum atomic E-state index is -0.200. The standard InChI is InChI=1S/C25H44N2O/c1-2-3-4-5-6-7-8-9-10-11-12-13-14-18-21-27-25(28)24(26)22-23-19-16-15-17-20-23/h15-17,19-20,24H,2-14,18,21-22,26H2,1H3,(H,27,28)/p+1/t24-/m0/s1. The fraction of sp³-hybridized carbons (Fsp3) is 0.720. The lowest BCUT2D eigenvalue weighted by Gasteiger charge is -2.10. The summed E-state index contributed by atoms with van der Waals surface area (Å²) in [5.74, 6) is 0.0820. The first kappa shape index (κ1) is 24.7. The molecule has 0 aliphatic rings. The Morgan fingerprint density at radius 3 is 1.75 bits per heavy atom. The summed E-state index contributed by atoms with van der Waals surface area (Å²) in [6.07, 6.45) is 19.8. The summed E-state index contributed by atoms with van der Waals surface area (Å²) in [6, 6.07) is 9.92. The number of quaternary nitrogens is 1. The summed E-state index contributed by atoms with van der Waals surface area (Å²) < 4.78 is 0. The van der Waals surface area contributed by atoms with Crippen LogP contribution in [0.15, 0.2) is 30.3 Å². The molecule has 1 atom stereocenters. The van der Waals surface area contributed by atoms with Gasteiger partial charge in [-0.3, -0.25) is 4.79 Å². The van der Waals surface area contributed by atoms with Gasteiger partial charge in [0.05, 0.1) is 0 Å². The third-order valence-corrected chi connectivity index (χ3v) is 5.53. The Morgan fingerprint density at radius 1 is 0.786 bits per heavy atom. The smallest absolute Gasteiger partial charge is 0.278 e. The summed E-state index contributed by atoms with van der Waals surface area (Å²) in [4.78, 5) is 12.1. The van der Waals surface area contributed by atoms with Gasteiger partial charge in [0.15, 0.2) is 6.04 Å². The molecule has 1 amide bonds. The number of carbonyl (C=O) groups excluding carboxylic acids is 1. The molecule has 4 N–H and O–H groups in total. The highest BCUT2D eigenvalue weighted by Crippen LogP contribution is 2.12. The molecule has 3 nitrogen and oxygen atoms in total. The van der Waals surface area contributed by atoms with Crippen molar-refractivity contribution in [3.63, 3.8) is 0 Å². The van der Waals surface area contributed by atoms with Crippen LogP contribution < -0.4 is 11.1 Å². The first-order valence-electron chi connectivity index (χ1n) is 11.9. The van der Waals surface area contributed by atoms with E-state index in [2.05, 4.69) is 30.1 Å². The van der Waals surface area contributed by atoms with Crippen molar-refractivity contribution in [1.29, 1.82) is 0 Å². The summed E-state index contributed by atoms with van der Waals surface area (Å²) in [7, 11) is 0. The molecule has 0 radical (unpaired) electrons. The van der Waals surface area contributed by atoms with E-state index < -0.39 is 0 Å². The summed E-state index contributed by atoms with van der Waals surface area (Å²) >= 11 is 0. The molecular formula is C25H45N2O+. The van der Waals surface area contributed by atoms with E-state index in [0.717, 1.165) is 13.0 Å². The topological polar surface area (TPSA) is 56.7 Å². The average molecular weight is 390 g/mol. The molecule has 0 aliphatic carbocycles. The van der Waals surface area contributed by atoms with Gasteiger partial charge >= 0.3 is 0 Å². The van der Waals surface area contributed by atoms with E-state index in [4.69, 9.17) is 0 Å². The second kappa shape index (κ2) is 17.7. The monoisotopic (exact) mass is 389 g/mol. The SMILES string of the molecule is CCCCCCCCCCCCCCCCNC(=O)[C@@H]([NH3+])Cc1ccccc1. The van der Waals surface area contributed by atoms with Gasteiger partial charge in [0.2, 0.25) is 0 Å². The fourth-order valence-corrected chi connectivity index (χ4v) is 3.67. The lowest BCUT2D eigenvalue weighted by atomic mass is 10.0. The fourth-order valence-electron chi connectivity index (χ4n) is 3.67. The molecule has 1 aromatic carbocycles. The lowest BCUT2D eigenvalue weighted by Crippen LogP contribution is -2.68. The number of hydrogen-bond donors (Lipinski definition) is 2. The van der Waals surface area contributed by atoms with Gasteiger partial charge in [-0.15, -0.1) is 0 Å². The molecule has 28 heavy (non-hydrogen) atoms. The first-order chi connectivity index (χ1) is 13.7. The molecule has 1 aromatic rings. The number of hydrogen-bond acceptors (Lipinski definition) is 1. The van der Waals surface area contributed by atoms with E-state index >= 15 is 0 Å². The molecule has 0 fully saturated rings. The maximum Gasteiger partial charge on any atom is 0.278 e. The molecule has 0 aromatic heterocycles. The molecule has 0 bridgehead atoms. The highest BCUT2D eigenvalue weighted by atomic mass is 16.2. The van der Waals surface area contributed by atoms with E-state index in [1.54, 1.807) is 0 Å². The highest BCUT2D eigenvalue weighted by molar-refractivity contribution is 5.80. The van der Waals surface area contributed by atoms with Gasteiger partial charge in [0.25, 0.3) is 5.91 Å². The number of amides is 1. The van der Waals surface area contributed by atoms with Crippen LogP contribution in [0.4, 0.5) is 0 Å². The Hall–Kier alpha value is -1.35. The van der Waals surface area contributed by atoms with Gasteiger partial charge in [-0.05, 0) is 12.0 Å². The number of rotatable bonds is 18. The third kappa shape index (κ3) is 13.8. The van der Waals surface area contributed by atoms with Crippen LogP contribution in [0.5, 0.6) is 0 Å². The predicted molar refractivity (Wildman–Crippen MR) is 120 cm³/mol. The van der Waals surface area contributed by atoms with Crippen LogP contribution in [-0.2, 0) is 11.2 Å². The van der Waals surface area contributed by atoms with E-state index in [1.165, 1.54) is 89.0 Å². The number of unbranched alkanes of at least 4 members (excludes halogenated alkanes) is 13. The molecule has 0 spiro atoms. The quantitative estimate of drug-likeness (QED) is 0.323. The van der Waals surface area contributed by atoms with E-state index in [-0.39, 0.29) is 11.9 Å². The second-order valence-electron chi connectivity index (χ2n) is 8.27. The molecule has 0 saturated carbocycles. The average Bonchev–Trinajstić information content (AvgIpc) is 2.71. The summed E-state index contributed by atoms with van der Waals surface area (Å²) in [5, 5.41) is 3.04. The van der Waals surface area contributed by atoms with Crippen LogP contribution in [0, 0.1) is 0 Å². The van der Waals surface area contributed by atoms with Crippen molar-refractivity contribution in [3.8, 4) is 0 Å². The van der Waals surface area contributed by atoms with E-state index in [0.29, 0.717) is 6.42 Å². The Labute approximate surface area is 173 Å². The molecule has 160 valence electrons. The molecule has 0 saturated heterocycles. The zero-order chi connectivity index (χ0) is 20.3. The van der Waals surface area contributed by atoms with E-state index in [9.17, 15) is 4.79 Å². The number of benzene rings is 1. The maximum absolute atomic E-state index is 12.1. The summed E-state index contributed by atoms with van der Waals surface area (Å²) in [5.41, 5.74) is 5.18. The van der Waals surface area contributed by atoms with Crippen LogP contribution in [0.3, 0.4) is 0 Å². The van der Waals surface area contributed by atoms with Crippen molar-refractivity contribution < 1.29 is 10.5 Å². The molecule has 0 unspecified atom stereocenters. The maximum atomic E-state index is 12.1. The Morgan fingerprint density at radius 2 is 1.25 bits per heavy atom. The molecule has 0 heterocycles. The predicted octanol–water partition coefficient (Wildman–Crippen LogP) is 5.44. The van der Waals surface area contributed by atoms with Crippen LogP contribution in [0.25, 0.3) is 0 Å². The van der Waals surface area contributed by atoms with Crippen molar-refractivity contribution in [3.05, 3.63) is 35.9 Å². The first-order valence-corrected chi connectivity index (χ1v) is 11.9. The van der Waals surface area contributed by atoms with Crippen molar-refractivity contribution >= 4 is 5.91 Å². The zero-order valence-electron chi connectivity index (χ0n) is 18.4. The number of nitrogens with one attached hydrogen (secondary N) is 1.